The average Bonchev–Trinajstić information content (AvgIpc) is 3.22. The zero-order chi connectivity index (χ0) is 14.4. The second kappa shape index (κ2) is 5.26. The highest BCUT2D eigenvalue weighted by atomic mass is 16.5. The van der Waals surface area contributed by atoms with E-state index in [4.69, 9.17) is 4.74 Å². The Bertz CT molecular complexity index is 353. The molecule has 0 radical (unpaired) electrons. The third-order valence-corrected chi connectivity index (χ3v) is 5.81. The van der Waals surface area contributed by atoms with Gasteiger partial charge in [-0.2, -0.15) is 0 Å². The molecule has 2 heterocycles. The quantitative estimate of drug-likeness (QED) is 0.860. The summed E-state index contributed by atoms with van der Waals surface area (Å²) in [5.41, 5.74) is 0.413. The SMILES string of the molecule is CCC1CNC(C)(C2CC2)CN1C1CCOC(C)(C)C1. The number of hydrogen-bond acceptors (Lipinski definition) is 3. The maximum Gasteiger partial charge on any atom is 0.0641 e. The molecule has 1 saturated carbocycles. The van der Waals surface area contributed by atoms with Gasteiger partial charge < -0.3 is 10.1 Å². The van der Waals surface area contributed by atoms with E-state index in [0.29, 0.717) is 17.6 Å². The van der Waals surface area contributed by atoms with Gasteiger partial charge in [0.25, 0.3) is 0 Å². The molecule has 0 amide bonds. The number of rotatable bonds is 3. The summed E-state index contributed by atoms with van der Waals surface area (Å²) in [4.78, 5) is 2.83. The minimum absolute atomic E-state index is 0.0576. The van der Waals surface area contributed by atoms with E-state index in [9.17, 15) is 0 Å². The fourth-order valence-electron chi connectivity index (χ4n) is 4.32. The first-order chi connectivity index (χ1) is 9.43. The Kier molecular flexibility index (Phi) is 3.89. The van der Waals surface area contributed by atoms with E-state index in [1.54, 1.807) is 0 Å². The van der Waals surface area contributed by atoms with E-state index in [1.807, 2.05) is 0 Å². The lowest BCUT2D eigenvalue weighted by molar-refractivity contribution is -0.0991. The molecule has 1 N–H and O–H groups in total. The molecular weight excluding hydrogens is 248 g/mol. The van der Waals surface area contributed by atoms with Gasteiger partial charge in [-0.3, -0.25) is 4.90 Å². The summed E-state index contributed by atoms with van der Waals surface area (Å²) in [6, 6.07) is 1.42. The Morgan fingerprint density at radius 1 is 1.20 bits per heavy atom. The molecule has 3 rings (SSSR count). The van der Waals surface area contributed by atoms with Gasteiger partial charge in [0, 0.05) is 37.3 Å². The topological polar surface area (TPSA) is 24.5 Å². The van der Waals surface area contributed by atoms with Crippen LogP contribution in [0.3, 0.4) is 0 Å². The fourth-order valence-corrected chi connectivity index (χ4v) is 4.32. The van der Waals surface area contributed by atoms with Crippen molar-refractivity contribution in [2.75, 3.05) is 19.7 Å². The Morgan fingerprint density at radius 3 is 2.55 bits per heavy atom. The Hall–Kier alpha value is -0.120. The molecule has 0 bridgehead atoms. The monoisotopic (exact) mass is 280 g/mol. The van der Waals surface area contributed by atoms with Gasteiger partial charge in [0.05, 0.1) is 5.60 Å². The molecule has 0 aromatic rings. The Balaban J connectivity index is 1.73. The minimum Gasteiger partial charge on any atom is -0.375 e. The predicted octanol–water partition coefficient (Wildman–Crippen LogP) is 2.80. The van der Waals surface area contributed by atoms with Gasteiger partial charge in [-0.25, -0.2) is 0 Å². The average molecular weight is 280 g/mol. The highest BCUT2D eigenvalue weighted by molar-refractivity contribution is 5.05. The van der Waals surface area contributed by atoms with Crippen LogP contribution >= 0.6 is 0 Å². The molecule has 3 nitrogen and oxygen atoms in total. The van der Waals surface area contributed by atoms with Crippen molar-refractivity contribution in [2.24, 2.45) is 5.92 Å². The van der Waals surface area contributed by atoms with Crippen molar-refractivity contribution in [3.8, 4) is 0 Å². The summed E-state index contributed by atoms with van der Waals surface area (Å²) in [6.07, 6.45) is 6.50. The molecule has 3 heteroatoms. The second-order valence-corrected chi connectivity index (χ2v) is 8.06. The number of ether oxygens (including phenoxy) is 1. The molecule has 0 spiro atoms. The van der Waals surface area contributed by atoms with Crippen LogP contribution in [-0.2, 0) is 4.74 Å². The lowest BCUT2D eigenvalue weighted by Crippen LogP contribution is -2.66. The zero-order valence-corrected chi connectivity index (χ0v) is 13.7. The number of nitrogens with one attached hydrogen (secondary N) is 1. The molecule has 3 unspecified atom stereocenters. The van der Waals surface area contributed by atoms with Crippen LogP contribution in [0.2, 0.25) is 0 Å². The van der Waals surface area contributed by atoms with Crippen molar-refractivity contribution in [3.05, 3.63) is 0 Å². The number of hydrogen-bond donors (Lipinski definition) is 1. The smallest absolute Gasteiger partial charge is 0.0641 e. The van der Waals surface area contributed by atoms with Crippen LogP contribution < -0.4 is 5.32 Å². The van der Waals surface area contributed by atoms with E-state index in [2.05, 4.69) is 37.9 Å². The van der Waals surface area contributed by atoms with Crippen molar-refractivity contribution in [1.29, 1.82) is 0 Å². The zero-order valence-electron chi connectivity index (χ0n) is 13.7. The lowest BCUT2D eigenvalue weighted by atomic mass is 9.85. The van der Waals surface area contributed by atoms with Gasteiger partial charge in [-0.1, -0.05) is 6.92 Å². The first-order valence-corrected chi connectivity index (χ1v) is 8.58. The van der Waals surface area contributed by atoms with Crippen LogP contribution in [0.5, 0.6) is 0 Å². The molecule has 0 aromatic carbocycles. The normalized spacial score (nSPS) is 42.6. The predicted molar refractivity (Wildman–Crippen MR) is 83.0 cm³/mol. The van der Waals surface area contributed by atoms with Crippen LogP contribution in [-0.4, -0.2) is 47.8 Å². The molecule has 3 atom stereocenters. The minimum atomic E-state index is 0.0576. The maximum atomic E-state index is 5.92. The molecule has 2 saturated heterocycles. The van der Waals surface area contributed by atoms with Crippen LogP contribution in [0.15, 0.2) is 0 Å². The van der Waals surface area contributed by atoms with Crippen LogP contribution in [0.4, 0.5) is 0 Å². The molecule has 0 aromatic heterocycles. The van der Waals surface area contributed by atoms with E-state index in [0.717, 1.165) is 12.5 Å². The highest BCUT2D eigenvalue weighted by Gasteiger charge is 2.47. The summed E-state index contributed by atoms with van der Waals surface area (Å²) in [6.45, 7) is 12.6. The molecular formula is C17H32N2O. The summed E-state index contributed by atoms with van der Waals surface area (Å²) in [5.74, 6) is 0.913. The van der Waals surface area contributed by atoms with E-state index in [-0.39, 0.29) is 5.60 Å². The lowest BCUT2D eigenvalue weighted by Gasteiger charge is -2.52. The van der Waals surface area contributed by atoms with Crippen molar-refractivity contribution < 1.29 is 4.74 Å². The Morgan fingerprint density at radius 2 is 1.95 bits per heavy atom. The maximum absolute atomic E-state index is 5.92. The highest BCUT2D eigenvalue weighted by Crippen LogP contribution is 2.42. The van der Waals surface area contributed by atoms with Gasteiger partial charge >= 0.3 is 0 Å². The molecule has 3 fully saturated rings. The van der Waals surface area contributed by atoms with E-state index in [1.165, 1.54) is 45.2 Å². The second-order valence-electron chi connectivity index (χ2n) is 8.06. The summed E-state index contributed by atoms with van der Waals surface area (Å²) in [7, 11) is 0. The van der Waals surface area contributed by atoms with Gasteiger partial charge in [0.15, 0.2) is 0 Å². The van der Waals surface area contributed by atoms with E-state index >= 15 is 0 Å². The van der Waals surface area contributed by atoms with Gasteiger partial charge in [0.1, 0.15) is 0 Å². The van der Waals surface area contributed by atoms with Crippen molar-refractivity contribution in [1.82, 2.24) is 10.2 Å². The Labute approximate surface area is 124 Å². The van der Waals surface area contributed by atoms with Gasteiger partial charge in [0.2, 0.25) is 0 Å². The fraction of sp³-hybridized carbons (Fsp3) is 1.00. The van der Waals surface area contributed by atoms with Crippen molar-refractivity contribution >= 4 is 0 Å². The molecule has 20 heavy (non-hydrogen) atoms. The molecule has 1 aliphatic carbocycles. The van der Waals surface area contributed by atoms with Crippen LogP contribution in [0.1, 0.15) is 59.8 Å². The van der Waals surface area contributed by atoms with E-state index < -0.39 is 0 Å². The van der Waals surface area contributed by atoms with Crippen LogP contribution in [0.25, 0.3) is 0 Å². The summed E-state index contributed by atoms with van der Waals surface area (Å²) >= 11 is 0. The number of piperazine rings is 1. The summed E-state index contributed by atoms with van der Waals surface area (Å²) < 4.78 is 5.92. The molecule has 116 valence electrons. The third kappa shape index (κ3) is 2.90. The van der Waals surface area contributed by atoms with Crippen molar-refractivity contribution in [2.45, 2.75) is 83.0 Å². The van der Waals surface area contributed by atoms with Gasteiger partial charge in [-0.15, -0.1) is 0 Å². The van der Waals surface area contributed by atoms with Crippen molar-refractivity contribution in [3.63, 3.8) is 0 Å². The molecule has 3 aliphatic rings. The standard InChI is InChI=1S/C17H32N2O/c1-5-14-11-18-17(4,13-6-7-13)12-19(14)15-8-9-20-16(2,3)10-15/h13-15,18H,5-12H2,1-4H3. The first-order valence-electron chi connectivity index (χ1n) is 8.58. The third-order valence-electron chi connectivity index (χ3n) is 5.81. The summed E-state index contributed by atoms with van der Waals surface area (Å²) in [5, 5.41) is 3.88. The van der Waals surface area contributed by atoms with Crippen LogP contribution in [0, 0.1) is 5.92 Å². The first kappa shape index (κ1) is 14.8. The number of nitrogens with zero attached hydrogens (tertiary/aromatic N) is 1. The van der Waals surface area contributed by atoms with Gasteiger partial charge in [-0.05, 0) is 58.8 Å². The largest absolute Gasteiger partial charge is 0.375 e. The molecule has 2 aliphatic heterocycles.